The van der Waals surface area contributed by atoms with E-state index in [4.69, 9.17) is 22.9 Å². The zero-order chi connectivity index (χ0) is 45.0. The summed E-state index contributed by atoms with van der Waals surface area (Å²) in [4.78, 5) is 115. The molecule has 0 unspecified atom stereocenters. The topological polar surface area (TPSA) is 411 Å². The minimum Gasteiger partial charge on any atom is -0.508 e. The highest BCUT2D eigenvalue weighted by Gasteiger charge is 2.36. The molecule has 0 aromatic heterocycles. The lowest BCUT2D eigenvalue weighted by Gasteiger charge is -2.29. The number of unbranched alkanes of at least 4 members (excludes halogenated alkanes) is 1. The summed E-state index contributed by atoms with van der Waals surface area (Å²) < 4.78 is 0. The molecule has 23 heteroatoms. The first kappa shape index (κ1) is 51.1. The zero-order valence-corrected chi connectivity index (χ0v) is 33.1. The number of aliphatic hydroxyl groups excluding tert-OH is 2. The maximum atomic E-state index is 13.6. The second-order valence-electron chi connectivity index (χ2n) is 14.2. The minimum absolute atomic E-state index is 0.0586. The molecule has 23 nitrogen and oxygen atoms in total. The third-order valence-electron chi connectivity index (χ3n) is 8.76. The van der Waals surface area contributed by atoms with Crippen molar-refractivity contribution in [3.63, 3.8) is 0 Å². The van der Waals surface area contributed by atoms with Crippen LogP contribution in [0.25, 0.3) is 0 Å². The van der Waals surface area contributed by atoms with Crippen LogP contribution in [-0.2, 0) is 49.6 Å². The van der Waals surface area contributed by atoms with Crippen LogP contribution < -0.4 is 54.8 Å². The van der Waals surface area contributed by atoms with Crippen LogP contribution in [0.5, 0.6) is 5.75 Å². The number of phenols is 1. The molecule has 0 saturated heterocycles. The first-order valence-electron chi connectivity index (χ1n) is 18.8. The summed E-state index contributed by atoms with van der Waals surface area (Å²) >= 11 is 0. The number of phenolic OH excluding ortho intramolecular Hbond substituents is 1. The number of primary amides is 2. The average Bonchev–Trinajstić information content (AvgIpc) is 3.15. The molecule has 0 aliphatic carbocycles. The molecule has 0 fully saturated rings. The van der Waals surface area contributed by atoms with Gasteiger partial charge in [0.1, 0.15) is 48.0 Å². The number of aromatic hydroxyl groups is 1. The molecule has 8 amide bonds. The minimum atomic E-state index is -1.79. The number of rotatable bonds is 27. The van der Waals surface area contributed by atoms with Gasteiger partial charge in [-0.05, 0) is 62.8 Å². The van der Waals surface area contributed by atoms with Gasteiger partial charge in [-0.15, -0.1) is 0 Å². The molecule has 0 aliphatic rings. The highest BCUT2D eigenvalue weighted by Crippen LogP contribution is 2.13. The number of benzene rings is 1. The van der Waals surface area contributed by atoms with Gasteiger partial charge in [-0.1, -0.05) is 26.0 Å². The van der Waals surface area contributed by atoms with Crippen LogP contribution >= 0.6 is 0 Å². The van der Waals surface area contributed by atoms with E-state index in [0.717, 1.165) is 6.92 Å². The molecule has 330 valence electrons. The van der Waals surface area contributed by atoms with E-state index in [1.165, 1.54) is 24.3 Å². The number of carbonyl (C=O) groups excluding carboxylic acids is 8. The Kier molecular flexibility index (Phi) is 22.0. The Morgan fingerprint density at radius 2 is 1.14 bits per heavy atom. The fourth-order valence-electron chi connectivity index (χ4n) is 5.40. The van der Waals surface area contributed by atoms with Gasteiger partial charge in [0.25, 0.3) is 0 Å². The van der Waals surface area contributed by atoms with E-state index in [-0.39, 0.29) is 31.6 Å². The second-order valence-corrected chi connectivity index (χ2v) is 14.2. The number of hydrogen-bond acceptors (Lipinski definition) is 14. The summed E-state index contributed by atoms with van der Waals surface area (Å²) in [6.45, 7) is 3.72. The SMILES string of the molecule is CC(C)[C@H](NC(=O)[C@@H](N)CO)C(=O)N[C@H](C(=O)N[C@@H](CCC(N)=O)C(=O)N[C@@H](CC(N)=O)C(=O)N[C@@H](CCCCN)C(=O)N[C@@H](Cc1ccc(O)cc1)C(=O)O)[C@@H](C)O. The van der Waals surface area contributed by atoms with Crippen LogP contribution in [0.3, 0.4) is 0 Å². The molecule has 0 bridgehead atoms. The van der Waals surface area contributed by atoms with Gasteiger partial charge in [0.2, 0.25) is 47.3 Å². The predicted octanol–water partition coefficient (Wildman–Crippen LogP) is -5.45. The van der Waals surface area contributed by atoms with Crippen LogP contribution in [0.2, 0.25) is 0 Å². The maximum absolute atomic E-state index is 13.6. The van der Waals surface area contributed by atoms with Crippen LogP contribution in [0, 0.1) is 5.92 Å². The standard InChI is InChI=1S/C36H58N10O13/c1-17(2)28(45-30(52)21(38)16-47)34(56)46-29(18(3)48)35(57)42-23(11-12-26(39)50)32(54)43-24(15-27(40)51)33(55)41-22(6-4-5-13-37)31(53)44-25(36(58)59)14-19-7-9-20(49)10-8-19/h7-10,17-18,21-25,28-29,47-49H,4-6,11-16,37-38H2,1-3H3,(H2,39,50)(H2,40,51)(H,41,55)(H,42,57)(H,43,54)(H,44,53)(H,45,52)(H,46,56)(H,58,59)/t18-,21+,22+,23+,24+,25+,28+,29+/m1/s1. The Morgan fingerprint density at radius 1 is 0.644 bits per heavy atom. The summed E-state index contributed by atoms with van der Waals surface area (Å²) in [6.07, 6.45) is -3.01. The number of carboxylic acids is 1. The van der Waals surface area contributed by atoms with E-state index in [1.54, 1.807) is 13.8 Å². The van der Waals surface area contributed by atoms with Gasteiger partial charge in [-0.2, -0.15) is 0 Å². The van der Waals surface area contributed by atoms with E-state index < -0.39 is 133 Å². The molecular formula is C36H58N10O13. The van der Waals surface area contributed by atoms with E-state index in [9.17, 15) is 63.6 Å². The van der Waals surface area contributed by atoms with Crippen LogP contribution in [0.1, 0.15) is 64.9 Å². The van der Waals surface area contributed by atoms with Gasteiger partial charge >= 0.3 is 5.97 Å². The summed E-state index contributed by atoms with van der Waals surface area (Å²) in [6, 6.07) is -5.24. The smallest absolute Gasteiger partial charge is 0.326 e. The van der Waals surface area contributed by atoms with Crippen molar-refractivity contribution < 1.29 is 63.6 Å². The fraction of sp³-hybridized carbons (Fsp3) is 0.583. The number of aliphatic hydroxyl groups is 2. The van der Waals surface area contributed by atoms with Crippen molar-refractivity contribution in [1.82, 2.24) is 31.9 Å². The van der Waals surface area contributed by atoms with E-state index in [1.807, 2.05) is 0 Å². The maximum Gasteiger partial charge on any atom is 0.326 e. The van der Waals surface area contributed by atoms with Gasteiger partial charge in [0, 0.05) is 12.8 Å². The molecule has 1 aromatic rings. The van der Waals surface area contributed by atoms with Crippen molar-refractivity contribution in [1.29, 1.82) is 0 Å². The molecular weight excluding hydrogens is 780 g/mol. The summed E-state index contributed by atoms with van der Waals surface area (Å²) in [5, 5.41) is 52.9. The van der Waals surface area contributed by atoms with Crippen molar-refractivity contribution >= 4 is 53.2 Å². The Balaban J connectivity index is 3.34. The van der Waals surface area contributed by atoms with Gasteiger partial charge in [-0.25, -0.2) is 4.79 Å². The Hall–Kier alpha value is -5.91. The van der Waals surface area contributed by atoms with Crippen LogP contribution in [0.4, 0.5) is 0 Å². The van der Waals surface area contributed by atoms with Crippen LogP contribution in [0.15, 0.2) is 24.3 Å². The molecule has 0 radical (unpaired) electrons. The molecule has 0 saturated carbocycles. The molecule has 0 aliphatic heterocycles. The Labute approximate surface area is 340 Å². The van der Waals surface area contributed by atoms with Crippen molar-refractivity contribution in [2.24, 2.45) is 28.9 Å². The lowest BCUT2D eigenvalue weighted by atomic mass is 10.0. The monoisotopic (exact) mass is 838 g/mol. The molecule has 0 spiro atoms. The number of nitrogens with one attached hydrogen (secondary N) is 6. The molecule has 1 aromatic carbocycles. The third-order valence-corrected chi connectivity index (χ3v) is 8.76. The van der Waals surface area contributed by atoms with Gasteiger partial charge in [0.05, 0.1) is 19.1 Å². The molecule has 8 atom stereocenters. The van der Waals surface area contributed by atoms with Crippen molar-refractivity contribution in [2.75, 3.05) is 13.2 Å². The lowest BCUT2D eigenvalue weighted by Crippen LogP contribution is -2.62. The number of amides is 8. The normalized spacial score (nSPS) is 15.1. The van der Waals surface area contributed by atoms with Gasteiger partial charge in [0.15, 0.2) is 0 Å². The first-order valence-corrected chi connectivity index (χ1v) is 18.8. The summed E-state index contributed by atoms with van der Waals surface area (Å²) in [5.74, 6) is -10.2. The van der Waals surface area contributed by atoms with E-state index in [0.29, 0.717) is 12.0 Å². The molecule has 1 rings (SSSR count). The summed E-state index contributed by atoms with van der Waals surface area (Å²) in [5.41, 5.74) is 22.2. The highest BCUT2D eigenvalue weighted by atomic mass is 16.4. The molecule has 0 heterocycles. The Morgan fingerprint density at radius 3 is 1.63 bits per heavy atom. The Bertz CT molecular complexity index is 1630. The molecule has 18 N–H and O–H groups in total. The number of hydrogen-bond donors (Lipinski definition) is 14. The van der Waals surface area contributed by atoms with Gasteiger partial charge in [-0.3, -0.25) is 38.4 Å². The summed E-state index contributed by atoms with van der Waals surface area (Å²) in [7, 11) is 0. The quantitative estimate of drug-likeness (QED) is 0.0368. The van der Waals surface area contributed by atoms with Gasteiger partial charge < -0.3 is 75.3 Å². The fourth-order valence-corrected chi connectivity index (χ4v) is 5.40. The van der Waals surface area contributed by atoms with E-state index in [2.05, 4.69) is 31.9 Å². The number of carboxylic acid groups (broad SMARTS) is 1. The van der Waals surface area contributed by atoms with Crippen molar-refractivity contribution in [2.45, 2.75) is 114 Å². The molecule has 59 heavy (non-hydrogen) atoms. The zero-order valence-electron chi connectivity index (χ0n) is 33.1. The first-order chi connectivity index (χ1) is 27.6. The van der Waals surface area contributed by atoms with Crippen molar-refractivity contribution in [3.8, 4) is 5.75 Å². The van der Waals surface area contributed by atoms with Crippen LogP contribution in [-0.4, -0.2) is 135 Å². The lowest BCUT2D eigenvalue weighted by molar-refractivity contribution is -0.142. The third kappa shape index (κ3) is 18.5. The van der Waals surface area contributed by atoms with Crippen molar-refractivity contribution in [3.05, 3.63) is 29.8 Å². The average molecular weight is 839 g/mol. The number of carbonyl (C=O) groups is 9. The number of nitrogens with two attached hydrogens (primary N) is 4. The van der Waals surface area contributed by atoms with E-state index >= 15 is 0 Å². The highest BCUT2D eigenvalue weighted by molar-refractivity contribution is 5.98. The second kappa shape index (κ2) is 25.5. The number of aliphatic carboxylic acids is 1. The largest absolute Gasteiger partial charge is 0.508 e. The predicted molar refractivity (Wildman–Crippen MR) is 208 cm³/mol.